The SMILES string of the molecule is COc1ccc(C(=O)[C@@H]2[C@@H](C(=O)c3ccc(Br)cc3)[C@]3(C(=O)Nc4ccccc43)[C@H]3C=Cc4ccccc4N23)cc1. The van der Waals surface area contributed by atoms with Crippen LogP contribution in [0.3, 0.4) is 0 Å². The number of nitrogens with zero attached hydrogens (tertiary/aromatic N) is 1. The molecule has 3 aliphatic heterocycles. The molecule has 0 unspecified atom stereocenters. The monoisotopic (exact) mass is 604 g/mol. The number of ketones is 2. The van der Waals surface area contributed by atoms with Crippen molar-refractivity contribution in [2.45, 2.75) is 17.5 Å². The zero-order chi connectivity index (χ0) is 28.3. The average Bonchev–Trinajstić information content (AvgIpc) is 3.49. The lowest BCUT2D eigenvalue weighted by atomic mass is 9.64. The second kappa shape index (κ2) is 9.56. The third-order valence-corrected chi connectivity index (χ3v) is 9.12. The Labute approximate surface area is 245 Å². The van der Waals surface area contributed by atoms with Crippen molar-refractivity contribution in [1.29, 1.82) is 0 Å². The van der Waals surface area contributed by atoms with Gasteiger partial charge in [-0.15, -0.1) is 0 Å². The van der Waals surface area contributed by atoms with Crippen LogP contribution in [0.1, 0.15) is 31.8 Å². The van der Waals surface area contributed by atoms with Crippen LogP contribution in [0.15, 0.2) is 108 Å². The van der Waals surface area contributed by atoms with Crippen molar-refractivity contribution < 1.29 is 19.1 Å². The first-order valence-electron chi connectivity index (χ1n) is 13.4. The molecule has 1 fully saturated rings. The number of benzene rings is 4. The number of nitrogens with one attached hydrogen (secondary N) is 1. The van der Waals surface area contributed by atoms with E-state index < -0.39 is 23.4 Å². The number of anilines is 2. The maximum absolute atomic E-state index is 14.8. The Morgan fingerprint density at radius 2 is 1.51 bits per heavy atom. The second-order valence-electron chi connectivity index (χ2n) is 10.5. The lowest BCUT2D eigenvalue weighted by Crippen LogP contribution is -2.51. The van der Waals surface area contributed by atoms with E-state index >= 15 is 0 Å². The highest BCUT2D eigenvalue weighted by Gasteiger charge is 2.70. The van der Waals surface area contributed by atoms with E-state index in [9.17, 15) is 14.4 Å². The summed E-state index contributed by atoms with van der Waals surface area (Å²) in [7, 11) is 1.57. The Hall–Kier alpha value is -4.49. The van der Waals surface area contributed by atoms with Gasteiger partial charge in [0.25, 0.3) is 0 Å². The van der Waals surface area contributed by atoms with E-state index in [0.717, 1.165) is 21.3 Å². The largest absolute Gasteiger partial charge is 0.497 e. The molecular formula is C34H25BrN2O4. The molecular weight excluding hydrogens is 580 g/mol. The molecule has 1 saturated heterocycles. The molecule has 202 valence electrons. The molecule has 0 radical (unpaired) electrons. The van der Waals surface area contributed by atoms with Crippen LogP contribution in [0.25, 0.3) is 6.08 Å². The Morgan fingerprint density at radius 3 is 2.27 bits per heavy atom. The van der Waals surface area contributed by atoms with Crippen molar-refractivity contribution in [3.05, 3.63) is 130 Å². The predicted octanol–water partition coefficient (Wildman–Crippen LogP) is 6.31. The number of fused-ring (bicyclic) bond motifs is 6. The van der Waals surface area contributed by atoms with Gasteiger partial charge in [-0.25, -0.2) is 0 Å². The molecule has 0 aliphatic carbocycles. The molecule has 1 amide bonds. The van der Waals surface area contributed by atoms with E-state index in [-0.39, 0.29) is 17.5 Å². The van der Waals surface area contributed by atoms with Gasteiger partial charge >= 0.3 is 0 Å². The molecule has 3 aliphatic rings. The lowest BCUT2D eigenvalue weighted by Gasteiger charge is -2.37. The summed E-state index contributed by atoms with van der Waals surface area (Å²) in [5, 5.41) is 3.06. The molecule has 7 rings (SSSR count). The zero-order valence-electron chi connectivity index (χ0n) is 22.1. The Bertz CT molecular complexity index is 1750. The van der Waals surface area contributed by atoms with Gasteiger partial charge in [-0.3, -0.25) is 14.4 Å². The van der Waals surface area contributed by atoms with Crippen molar-refractivity contribution >= 4 is 50.9 Å². The molecule has 4 aromatic carbocycles. The van der Waals surface area contributed by atoms with Crippen molar-refractivity contribution in [3.63, 3.8) is 0 Å². The van der Waals surface area contributed by atoms with Gasteiger partial charge in [-0.1, -0.05) is 76.6 Å². The Morgan fingerprint density at radius 1 is 0.854 bits per heavy atom. The van der Waals surface area contributed by atoms with Gasteiger partial charge in [0.05, 0.1) is 19.1 Å². The summed E-state index contributed by atoms with van der Waals surface area (Å²) in [6.45, 7) is 0. The maximum atomic E-state index is 14.8. The molecule has 1 spiro atoms. The fourth-order valence-electron chi connectivity index (χ4n) is 6.84. The van der Waals surface area contributed by atoms with Crippen LogP contribution in [0.2, 0.25) is 0 Å². The quantitative estimate of drug-likeness (QED) is 0.270. The summed E-state index contributed by atoms with van der Waals surface area (Å²) >= 11 is 3.46. The molecule has 0 aromatic heterocycles. The van der Waals surface area contributed by atoms with E-state index in [0.29, 0.717) is 22.6 Å². The highest BCUT2D eigenvalue weighted by molar-refractivity contribution is 9.10. The first kappa shape index (κ1) is 25.5. The van der Waals surface area contributed by atoms with Gasteiger partial charge in [0.15, 0.2) is 11.6 Å². The minimum Gasteiger partial charge on any atom is -0.497 e. The number of ether oxygens (including phenoxy) is 1. The third-order valence-electron chi connectivity index (χ3n) is 8.60. The molecule has 4 aromatic rings. The van der Waals surface area contributed by atoms with Crippen LogP contribution < -0.4 is 15.0 Å². The topological polar surface area (TPSA) is 75.7 Å². The van der Waals surface area contributed by atoms with Gasteiger partial charge in [0.1, 0.15) is 17.2 Å². The first-order valence-corrected chi connectivity index (χ1v) is 14.2. The number of para-hydroxylation sites is 2. The van der Waals surface area contributed by atoms with Crippen LogP contribution >= 0.6 is 15.9 Å². The number of rotatable bonds is 5. The second-order valence-corrected chi connectivity index (χ2v) is 11.4. The summed E-state index contributed by atoms with van der Waals surface area (Å²) < 4.78 is 6.15. The summed E-state index contributed by atoms with van der Waals surface area (Å²) in [6, 6.07) is 27.8. The standard InChI is InChI=1S/C34H25BrN2O4/c1-41-24-17-12-22(13-18-24)32(39)30-29(31(38)21-10-15-23(35)16-11-21)34(25-7-3-4-8-26(25)36-33(34)40)28-19-14-20-6-2-5-9-27(20)37(28)30/h2-19,28-30H,1H3,(H,36,40)/t28-,29+,30+,34-/m1/s1. The van der Waals surface area contributed by atoms with Gasteiger partial charge in [-0.05, 0) is 59.7 Å². The number of hydrogen-bond acceptors (Lipinski definition) is 5. The van der Waals surface area contributed by atoms with Gasteiger partial charge in [0, 0.05) is 27.0 Å². The van der Waals surface area contributed by atoms with Crippen LogP contribution in [-0.4, -0.2) is 36.7 Å². The molecule has 7 heteroatoms. The zero-order valence-corrected chi connectivity index (χ0v) is 23.7. The van der Waals surface area contributed by atoms with Crippen molar-refractivity contribution in [2.75, 3.05) is 17.3 Å². The van der Waals surface area contributed by atoms with E-state index in [1.807, 2.05) is 65.6 Å². The fraction of sp³-hybridized carbons (Fsp3) is 0.147. The fourth-order valence-corrected chi connectivity index (χ4v) is 7.10. The summed E-state index contributed by atoms with van der Waals surface area (Å²) in [5.74, 6) is -1.15. The van der Waals surface area contributed by atoms with Gasteiger partial charge in [0.2, 0.25) is 5.91 Å². The van der Waals surface area contributed by atoms with E-state index in [1.165, 1.54) is 0 Å². The number of amides is 1. The molecule has 6 nitrogen and oxygen atoms in total. The average molecular weight is 605 g/mol. The minimum atomic E-state index is -1.34. The number of carbonyl (C=O) groups excluding carboxylic acids is 3. The Kier molecular flexibility index (Phi) is 5.94. The number of hydrogen-bond donors (Lipinski definition) is 1. The molecule has 1 N–H and O–H groups in total. The van der Waals surface area contributed by atoms with Crippen LogP contribution in [0.4, 0.5) is 11.4 Å². The molecule has 0 bridgehead atoms. The Balaban J connectivity index is 1.52. The van der Waals surface area contributed by atoms with Crippen molar-refractivity contribution in [1.82, 2.24) is 0 Å². The third kappa shape index (κ3) is 3.65. The smallest absolute Gasteiger partial charge is 0.238 e. The normalized spacial score (nSPS) is 23.5. The van der Waals surface area contributed by atoms with Gasteiger partial charge in [-0.2, -0.15) is 0 Å². The molecule has 0 saturated carbocycles. The molecule has 3 heterocycles. The number of halogens is 1. The van der Waals surface area contributed by atoms with Crippen LogP contribution in [0.5, 0.6) is 5.75 Å². The minimum absolute atomic E-state index is 0.229. The summed E-state index contributed by atoms with van der Waals surface area (Å²) in [5.41, 5.74) is 2.68. The van der Waals surface area contributed by atoms with E-state index in [2.05, 4.69) is 21.2 Å². The maximum Gasteiger partial charge on any atom is 0.238 e. The van der Waals surface area contributed by atoms with Crippen LogP contribution in [-0.2, 0) is 10.2 Å². The summed E-state index contributed by atoms with van der Waals surface area (Å²) in [6.07, 6.45) is 3.97. The highest BCUT2D eigenvalue weighted by atomic mass is 79.9. The summed E-state index contributed by atoms with van der Waals surface area (Å²) in [4.78, 5) is 45.8. The van der Waals surface area contributed by atoms with Crippen LogP contribution in [0, 0.1) is 5.92 Å². The molecule has 4 atom stereocenters. The van der Waals surface area contributed by atoms with E-state index in [4.69, 9.17) is 4.74 Å². The number of carbonyl (C=O) groups is 3. The number of Topliss-reactive ketones (excluding diaryl/α,β-unsaturated/α-hetero) is 2. The number of methoxy groups -OCH3 is 1. The van der Waals surface area contributed by atoms with Crippen molar-refractivity contribution in [2.24, 2.45) is 5.92 Å². The van der Waals surface area contributed by atoms with Crippen molar-refractivity contribution in [3.8, 4) is 5.75 Å². The lowest BCUT2D eigenvalue weighted by molar-refractivity contribution is -0.121. The molecule has 41 heavy (non-hydrogen) atoms. The highest BCUT2D eigenvalue weighted by Crippen LogP contribution is 2.58. The first-order chi connectivity index (χ1) is 19.9. The van der Waals surface area contributed by atoms with Gasteiger partial charge < -0.3 is 15.0 Å². The predicted molar refractivity (Wildman–Crippen MR) is 162 cm³/mol. The van der Waals surface area contributed by atoms with E-state index in [1.54, 1.807) is 55.6 Å².